The number of thioether (sulfide) groups is 1. The van der Waals surface area contributed by atoms with Gasteiger partial charge < -0.3 is 69.0 Å². The number of aromatic nitrogens is 4. The zero-order valence-electron chi connectivity index (χ0n) is 31.3. The first kappa shape index (κ1) is 48.9. The highest BCUT2D eigenvalue weighted by molar-refractivity contribution is 8.13. The first-order valence-electron chi connectivity index (χ1n) is 17.5. The van der Waals surface area contributed by atoms with E-state index in [-0.39, 0.29) is 47.5 Å². The van der Waals surface area contributed by atoms with Gasteiger partial charge in [-0.2, -0.15) is 0 Å². The smallest absolute Gasteiger partial charge is 0.274 e. The Kier molecular flexibility index (Phi) is 18.2. The number of amides is 2. The number of nitrogens with zero attached hydrogens (tertiary/aromatic N) is 4. The molecule has 57 heavy (non-hydrogen) atoms. The van der Waals surface area contributed by atoms with E-state index in [1.807, 2.05) is 13.8 Å². The quantitative estimate of drug-likeness (QED) is 0.0582. The molecule has 1 saturated heterocycles. The van der Waals surface area contributed by atoms with E-state index in [0.717, 1.165) is 54.7 Å². The number of hydrogen-bond donors (Lipinski definition) is 5. The molecule has 6 N–H and O–H groups in total. The van der Waals surface area contributed by atoms with E-state index in [4.69, 9.17) is 10.5 Å². The zero-order chi connectivity index (χ0) is 42.8. The Hall–Kier alpha value is -2.44. The second-order valence-corrected chi connectivity index (χ2v) is 18.6. The molecule has 3 heterocycles. The molecule has 0 saturated carbocycles. The van der Waals surface area contributed by atoms with Crippen molar-refractivity contribution in [3.05, 3.63) is 12.7 Å². The van der Waals surface area contributed by atoms with Crippen molar-refractivity contribution in [1.29, 1.82) is 0 Å². The van der Waals surface area contributed by atoms with Gasteiger partial charge in [-0.25, -0.2) is 19.3 Å². The van der Waals surface area contributed by atoms with E-state index < -0.39 is 84.6 Å². The SMILES string of the molecule is CCCC(CCC)C(=O)SCCNC(=O)CCNC(=O)[C@H](O)C(C)(C)COP(=O)([O-])OP(=O)([O-])OC[C@H]1O[C@@H](n2cnc3c(N)ncnc32)[C@H](O)[C@@H]1OP(=O)([O-])[O-]. The maximum atomic E-state index is 12.6. The number of hydrogen-bond acceptors (Lipinski definition) is 22. The molecule has 24 nitrogen and oxygen atoms in total. The summed E-state index contributed by atoms with van der Waals surface area (Å²) in [6.45, 7) is 4.17. The molecular weight excluding hydrogens is 843 g/mol. The number of fused-ring (bicyclic) bond motifs is 1. The molecule has 3 rings (SSSR count). The van der Waals surface area contributed by atoms with Crippen molar-refractivity contribution >= 4 is 69.1 Å². The lowest BCUT2D eigenvalue weighted by Crippen LogP contribution is -2.46. The summed E-state index contributed by atoms with van der Waals surface area (Å²) >= 11 is 1.15. The fourth-order valence-electron chi connectivity index (χ4n) is 5.45. The number of phosphoric ester groups is 3. The Bertz CT molecular complexity index is 1830. The molecule has 1 fully saturated rings. The van der Waals surface area contributed by atoms with E-state index in [1.165, 1.54) is 13.8 Å². The summed E-state index contributed by atoms with van der Waals surface area (Å²) in [6, 6.07) is 0. The topological polar surface area (TPSA) is 375 Å². The van der Waals surface area contributed by atoms with Crippen LogP contribution >= 0.6 is 35.2 Å². The third-order valence-electron chi connectivity index (χ3n) is 8.33. The molecule has 0 spiro atoms. The first-order valence-corrected chi connectivity index (χ1v) is 22.9. The summed E-state index contributed by atoms with van der Waals surface area (Å²) in [5.74, 6) is -1.17. The maximum absolute atomic E-state index is 12.6. The van der Waals surface area contributed by atoms with Crippen molar-refractivity contribution in [2.45, 2.75) is 90.4 Å². The number of carbonyl (C=O) groups excluding carboxylic acids is 3. The summed E-state index contributed by atoms with van der Waals surface area (Å²) in [6.07, 6.45) is -4.17. The lowest BCUT2D eigenvalue weighted by molar-refractivity contribution is -0.347. The van der Waals surface area contributed by atoms with Crippen molar-refractivity contribution in [3.8, 4) is 0 Å². The predicted octanol–water partition coefficient (Wildman–Crippen LogP) is -1.65. The largest absolute Gasteiger partial charge is 0.790 e. The van der Waals surface area contributed by atoms with Gasteiger partial charge in [-0.1, -0.05) is 52.3 Å². The summed E-state index contributed by atoms with van der Waals surface area (Å²) < 4.78 is 60.6. The molecule has 7 atom stereocenters. The number of rotatable bonds is 24. The molecule has 0 bridgehead atoms. The molecule has 2 unspecified atom stereocenters. The third kappa shape index (κ3) is 15.0. The van der Waals surface area contributed by atoms with Crippen LogP contribution in [0.2, 0.25) is 0 Å². The Morgan fingerprint density at radius 1 is 1.04 bits per heavy atom. The third-order valence-corrected chi connectivity index (χ3v) is 12.4. The minimum Gasteiger partial charge on any atom is -0.790 e. The zero-order valence-corrected chi connectivity index (χ0v) is 34.8. The van der Waals surface area contributed by atoms with Crippen LogP contribution in [0.3, 0.4) is 0 Å². The highest BCUT2D eigenvalue weighted by Gasteiger charge is 2.47. The average molecular weight is 890 g/mol. The van der Waals surface area contributed by atoms with Gasteiger partial charge in [0.2, 0.25) is 11.8 Å². The van der Waals surface area contributed by atoms with Crippen LogP contribution in [-0.4, -0.2) is 103 Å². The molecule has 2 aromatic heterocycles. The molecule has 2 amide bonds. The van der Waals surface area contributed by atoms with E-state index in [0.29, 0.717) is 5.75 Å². The van der Waals surface area contributed by atoms with E-state index in [1.54, 1.807) is 0 Å². The van der Waals surface area contributed by atoms with E-state index >= 15 is 0 Å². The van der Waals surface area contributed by atoms with Crippen LogP contribution in [0.1, 0.15) is 66.0 Å². The summed E-state index contributed by atoms with van der Waals surface area (Å²) in [4.78, 5) is 96.6. The monoisotopic (exact) mass is 889 g/mol. The van der Waals surface area contributed by atoms with Crippen molar-refractivity contribution in [2.24, 2.45) is 11.3 Å². The van der Waals surface area contributed by atoms with Crippen LogP contribution in [0.25, 0.3) is 11.2 Å². The van der Waals surface area contributed by atoms with Crippen molar-refractivity contribution in [2.75, 3.05) is 37.8 Å². The lowest BCUT2D eigenvalue weighted by atomic mass is 9.87. The van der Waals surface area contributed by atoms with Gasteiger partial charge in [0.15, 0.2) is 22.8 Å². The van der Waals surface area contributed by atoms with Gasteiger partial charge in [0.1, 0.15) is 36.3 Å². The van der Waals surface area contributed by atoms with Gasteiger partial charge >= 0.3 is 0 Å². The number of nitrogens with one attached hydrogen (secondary N) is 2. The maximum Gasteiger partial charge on any atom is 0.274 e. The fraction of sp³-hybridized carbons (Fsp3) is 0.724. The van der Waals surface area contributed by atoms with Crippen LogP contribution in [-0.2, 0) is 50.7 Å². The van der Waals surface area contributed by atoms with Gasteiger partial charge in [0.05, 0.1) is 27.4 Å². The first-order chi connectivity index (χ1) is 26.5. The van der Waals surface area contributed by atoms with Crippen molar-refractivity contribution in [3.63, 3.8) is 0 Å². The number of carbonyl (C=O) groups is 3. The van der Waals surface area contributed by atoms with Gasteiger partial charge in [-0.3, -0.25) is 28.1 Å². The fourth-order valence-corrected chi connectivity index (χ4v) is 9.07. The van der Waals surface area contributed by atoms with Gasteiger partial charge in [0.25, 0.3) is 15.6 Å². The minimum absolute atomic E-state index is 0.0197. The number of nitrogens with two attached hydrogens (primary N) is 1. The van der Waals surface area contributed by atoms with Gasteiger partial charge in [0, 0.05) is 36.6 Å². The normalized spacial score (nSPS) is 21.6. The average Bonchev–Trinajstić information content (AvgIpc) is 3.67. The number of anilines is 1. The molecule has 0 aromatic carbocycles. The number of phosphoric acid groups is 3. The number of ether oxygens (including phenoxy) is 1. The Labute approximate surface area is 331 Å². The van der Waals surface area contributed by atoms with Crippen molar-refractivity contribution < 1.29 is 80.5 Å². The summed E-state index contributed by atoms with van der Waals surface area (Å²) in [5, 5.41) is 26.4. The van der Waals surface area contributed by atoms with E-state index in [2.05, 4.69) is 43.5 Å². The van der Waals surface area contributed by atoms with Crippen LogP contribution in [0, 0.1) is 11.3 Å². The second-order valence-electron chi connectivity index (χ2n) is 13.4. The number of aliphatic hydroxyl groups excluding tert-OH is 2. The van der Waals surface area contributed by atoms with Gasteiger partial charge in [-0.15, -0.1) is 0 Å². The molecule has 2 aromatic rings. The number of aliphatic hydroxyl groups is 2. The molecule has 0 radical (unpaired) electrons. The standard InChI is InChI=1S/C29H50N7O17P3S/c1-5-7-17(8-6-2)28(41)57-12-11-31-19(37)9-10-32-26(40)23(39)29(3,4)14-50-56(47,48)53-55(45,46)49-13-18-22(52-54(42,43)44)21(38)27(51-18)36-16-35-20-24(30)33-15-34-25(20)36/h15-18,21-23,27,38-39H,5-14H2,1-4H3,(H,31,37)(H,32,40)(H,45,46)(H,47,48)(H2,30,33,34)(H2,42,43,44)/p-4/t18-,21-,22-,23+,27-/m1/s1. The summed E-state index contributed by atoms with van der Waals surface area (Å²) in [7, 11) is -17.6. The second kappa shape index (κ2) is 21.2. The summed E-state index contributed by atoms with van der Waals surface area (Å²) in [5.41, 5.74) is 4.08. The molecule has 1 aliphatic rings. The predicted molar refractivity (Wildman–Crippen MR) is 192 cm³/mol. The van der Waals surface area contributed by atoms with Crippen LogP contribution in [0.4, 0.5) is 5.82 Å². The Morgan fingerprint density at radius 3 is 2.32 bits per heavy atom. The molecule has 0 aliphatic carbocycles. The highest BCUT2D eigenvalue weighted by Crippen LogP contribution is 2.56. The number of nitrogen functional groups attached to an aromatic ring is 1. The van der Waals surface area contributed by atoms with E-state index in [9.17, 15) is 57.9 Å². The van der Waals surface area contributed by atoms with Crippen LogP contribution in [0.5, 0.6) is 0 Å². The molecule has 324 valence electrons. The van der Waals surface area contributed by atoms with Crippen LogP contribution < -0.4 is 35.9 Å². The van der Waals surface area contributed by atoms with Crippen LogP contribution in [0.15, 0.2) is 12.7 Å². The molecule has 28 heteroatoms. The lowest BCUT2D eigenvalue weighted by Gasteiger charge is -2.36. The van der Waals surface area contributed by atoms with Crippen molar-refractivity contribution in [1.82, 2.24) is 30.2 Å². The Balaban J connectivity index is 1.48. The minimum atomic E-state index is -5.91. The molecule has 1 aliphatic heterocycles. The van der Waals surface area contributed by atoms with Gasteiger partial charge in [-0.05, 0) is 12.8 Å². The highest BCUT2D eigenvalue weighted by atomic mass is 32.2. The number of imidazole rings is 1. The molecular formula is C29H46N7O17P3S-4. The Morgan fingerprint density at radius 2 is 1.68 bits per heavy atom.